The van der Waals surface area contributed by atoms with Gasteiger partial charge in [0, 0.05) is 19.8 Å². The Morgan fingerprint density at radius 2 is 0.463 bits per heavy atom. The highest BCUT2D eigenvalue weighted by atomic mass is 16.4. The number of aliphatic carboxylic acids is 1. The summed E-state index contributed by atoms with van der Waals surface area (Å²) in [7, 11) is 2.00. The maximum Gasteiger partial charge on any atom is 0.330 e. The molecule has 0 aromatic heterocycles. The van der Waals surface area contributed by atoms with Gasteiger partial charge in [-0.05, 0) is 13.8 Å². The zero-order valence-electron chi connectivity index (χ0n) is 28.5. The predicted octanol–water partition coefficient (Wildman–Crippen LogP) is 12.0. The molecule has 0 spiro atoms. The molecule has 0 radical (unpaired) electrons. The molecule has 0 atom stereocenters. The van der Waals surface area contributed by atoms with E-state index in [1.165, 1.54) is 193 Å². The highest BCUT2D eigenvalue weighted by molar-refractivity contribution is 5.85. The molecule has 3 rings (SSSR count). The van der Waals surface area contributed by atoms with Gasteiger partial charge >= 0.3 is 5.97 Å². The lowest BCUT2D eigenvalue weighted by molar-refractivity contribution is -0.132. The fourth-order valence-electron chi connectivity index (χ4n) is 5.43. The lowest BCUT2D eigenvalue weighted by Crippen LogP contribution is -1.93. The van der Waals surface area contributed by atoms with E-state index in [4.69, 9.17) is 15.3 Å². The molecular weight excluding hydrogens is 508 g/mol. The predicted molar refractivity (Wildman–Crippen MR) is 182 cm³/mol. The van der Waals surface area contributed by atoms with E-state index in [1.807, 2.05) is 0 Å². The molecule has 3 aliphatic carbocycles. The van der Waals surface area contributed by atoms with Crippen molar-refractivity contribution < 1.29 is 20.1 Å². The highest BCUT2D eigenvalue weighted by Gasteiger charge is 1.98. The number of allylic oxidation sites excluding steroid dienone is 1. The molecule has 3 fully saturated rings. The summed E-state index contributed by atoms with van der Waals surface area (Å²) in [6.45, 7) is 3.26. The number of hydrogen-bond donors (Lipinski definition) is 3. The number of aliphatic hydroxyl groups is 2. The summed E-state index contributed by atoms with van der Waals surface area (Å²) < 4.78 is 0. The Balaban J connectivity index is -0.000000454. The Labute approximate surface area is 258 Å². The smallest absolute Gasteiger partial charge is 0.330 e. The molecule has 0 amide bonds. The first-order valence-electron chi connectivity index (χ1n) is 17.9. The average Bonchev–Trinajstić information content (AvgIpc) is 3.04. The van der Waals surface area contributed by atoms with Gasteiger partial charge in [0.25, 0.3) is 0 Å². The molecule has 0 aromatic rings. The highest BCUT2D eigenvalue weighted by Crippen LogP contribution is 2.17. The Morgan fingerprint density at radius 3 is 0.488 bits per heavy atom. The summed E-state index contributed by atoms with van der Waals surface area (Å²) in [4.78, 5) is 9.86. The first-order chi connectivity index (χ1) is 20.2. The van der Waals surface area contributed by atoms with Crippen LogP contribution in [-0.4, -0.2) is 35.5 Å². The second-order valence-electron chi connectivity index (χ2n) is 11.9. The van der Waals surface area contributed by atoms with E-state index in [9.17, 15) is 4.79 Å². The third-order valence-electron chi connectivity index (χ3n) is 8.27. The third-order valence-corrected chi connectivity index (χ3v) is 8.27. The van der Waals surface area contributed by atoms with Crippen molar-refractivity contribution in [2.75, 3.05) is 14.2 Å². The van der Waals surface area contributed by atoms with Gasteiger partial charge in [-0.25, -0.2) is 4.79 Å². The minimum absolute atomic E-state index is 0.389. The first-order valence-corrected chi connectivity index (χ1v) is 17.9. The normalized spacial score (nSPS) is 19.8. The van der Waals surface area contributed by atoms with Crippen molar-refractivity contribution in [1.82, 2.24) is 0 Å². The van der Waals surface area contributed by atoms with Crippen LogP contribution < -0.4 is 0 Å². The first kappa shape index (κ1) is 44.6. The molecule has 0 aliphatic heterocycles. The van der Waals surface area contributed by atoms with Crippen LogP contribution in [0.25, 0.3) is 0 Å². The second kappa shape index (κ2) is 43.6. The summed E-state index contributed by atoms with van der Waals surface area (Å²) in [6.07, 6.45) is 46.6. The maximum atomic E-state index is 9.86. The van der Waals surface area contributed by atoms with E-state index >= 15 is 0 Å². The summed E-state index contributed by atoms with van der Waals surface area (Å²) in [6, 6.07) is 0. The molecule has 41 heavy (non-hydrogen) atoms. The minimum atomic E-state index is -0.845. The van der Waals surface area contributed by atoms with Crippen LogP contribution in [0.3, 0.4) is 0 Å². The number of carboxylic acids is 1. The van der Waals surface area contributed by atoms with Crippen LogP contribution in [0.4, 0.5) is 0 Å². The van der Waals surface area contributed by atoms with Gasteiger partial charge in [0.05, 0.1) is 0 Å². The van der Waals surface area contributed by atoms with Crippen LogP contribution in [0.5, 0.6) is 0 Å². The van der Waals surface area contributed by atoms with Gasteiger partial charge in [0.2, 0.25) is 0 Å². The molecule has 3 saturated carbocycles. The molecule has 0 bridgehead atoms. The van der Waals surface area contributed by atoms with Crippen LogP contribution in [0.15, 0.2) is 11.6 Å². The molecule has 248 valence electrons. The monoisotopic (exact) mass is 585 g/mol. The standard InChI is InChI=1S/3C10H20.C5H8O2.2CH4O/c3*1-2-4-6-8-10-9-7-5-3-1;1-3-4(2)5(6)7;2*1-2/h3*1-10H2;3H,1-2H3,(H,6,7);2*2H,1H3. The van der Waals surface area contributed by atoms with E-state index in [-0.39, 0.29) is 0 Å². The Kier molecular flexibility index (Phi) is 47.4. The fourth-order valence-corrected chi connectivity index (χ4v) is 5.43. The van der Waals surface area contributed by atoms with Crippen LogP contribution in [0.2, 0.25) is 0 Å². The van der Waals surface area contributed by atoms with Crippen LogP contribution in [0.1, 0.15) is 206 Å². The van der Waals surface area contributed by atoms with Crippen molar-refractivity contribution in [2.24, 2.45) is 0 Å². The summed E-state index contributed by atoms with van der Waals surface area (Å²) in [5, 5.41) is 22.1. The van der Waals surface area contributed by atoms with Gasteiger partial charge in [-0.1, -0.05) is 199 Å². The van der Waals surface area contributed by atoms with E-state index in [2.05, 4.69) is 0 Å². The maximum absolute atomic E-state index is 9.86. The number of aliphatic hydroxyl groups excluding tert-OH is 2. The Morgan fingerprint density at radius 1 is 0.366 bits per heavy atom. The van der Waals surface area contributed by atoms with E-state index in [0.717, 1.165) is 14.2 Å². The molecule has 3 aliphatic rings. The molecule has 3 N–H and O–H groups in total. The van der Waals surface area contributed by atoms with E-state index in [0.29, 0.717) is 5.57 Å². The van der Waals surface area contributed by atoms with Gasteiger partial charge in [0.15, 0.2) is 0 Å². The summed E-state index contributed by atoms with van der Waals surface area (Å²) in [5.41, 5.74) is 0.389. The molecule has 0 heterocycles. The molecule has 0 unspecified atom stereocenters. The average molecular weight is 585 g/mol. The number of carbonyl (C=O) groups is 1. The van der Waals surface area contributed by atoms with Gasteiger partial charge < -0.3 is 15.3 Å². The van der Waals surface area contributed by atoms with Crippen molar-refractivity contribution in [2.45, 2.75) is 206 Å². The lowest BCUT2D eigenvalue weighted by atomic mass is 10.0. The third kappa shape index (κ3) is 43.7. The van der Waals surface area contributed by atoms with Crippen molar-refractivity contribution in [3.63, 3.8) is 0 Å². The van der Waals surface area contributed by atoms with Crippen LogP contribution >= 0.6 is 0 Å². The van der Waals surface area contributed by atoms with Crippen LogP contribution in [-0.2, 0) is 4.79 Å². The summed E-state index contributed by atoms with van der Waals surface area (Å²) in [5.74, 6) is -0.845. The molecule has 0 aromatic carbocycles. The van der Waals surface area contributed by atoms with Crippen molar-refractivity contribution >= 4 is 5.97 Å². The van der Waals surface area contributed by atoms with Gasteiger partial charge in [-0.3, -0.25) is 0 Å². The van der Waals surface area contributed by atoms with Crippen molar-refractivity contribution in [1.29, 1.82) is 0 Å². The van der Waals surface area contributed by atoms with E-state index < -0.39 is 5.97 Å². The zero-order valence-corrected chi connectivity index (χ0v) is 28.5. The van der Waals surface area contributed by atoms with Crippen molar-refractivity contribution in [3.8, 4) is 0 Å². The lowest BCUT2D eigenvalue weighted by Gasteiger charge is -2.05. The topological polar surface area (TPSA) is 77.8 Å². The molecule has 4 nitrogen and oxygen atoms in total. The number of rotatable bonds is 1. The molecule has 0 saturated heterocycles. The number of carboxylic acid groups (broad SMARTS) is 1. The minimum Gasteiger partial charge on any atom is -0.478 e. The van der Waals surface area contributed by atoms with Gasteiger partial charge in [0.1, 0.15) is 0 Å². The Bertz CT molecular complexity index is 342. The number of hydrogen-bond acceptors (Lipinski definition) is 3. The molecular formula is C37H76O4. The largest absolute Gasteiger partial charge is 0.478 e. The quantitative estimate of drug-likeness (QED) is 0.268. The van der Waals surface area contributed by atoms with Gasteiger partial charge in [-0.2, -0.15) is 0 Å². The van der Waals surface area contributed by atoms with Gasteiger partial charge in [-0.15, -0.1) is 0 Å². The zero-order chi connectivity index (χ0) is 31.1. The SMILES string of the molecule is C1CCCCCCCCC1.C1CCCCCCCCC1.C1CCCCCCCCC1.CC=C(C)C(=O)O.CO.CO. The Hall–Kier alpha value is -0.870. The van der Waals surface area contributed by atoms with Crippen LogP contribution in [0, 0.1) is 0 Å². The van der Waals surface area contributed by atoms with Crippen molar-refractivity contribution in [3.05, 3.63) is 11.6 Å². The summed E-state index contributed by atoms with van der Waals surface area (Å²) >= 11 is 0. The molecule has 4 heteroatoms. The van der Waals surface area contributed by atoms with E-state index in [1.54, 1.807) is 19.9 Å². The fraction of sp³-hybridized carbons (Fsp3) is 0.919. The second-order valence-corrected chi connectivity index (χ2v) is 11.9.